The third-order valence-corrected chi connectivity index (χ3v) is 7.55. The first kappa shape index (κ1) is 19.2. The maximum Gasteiger partial charge on any atom is 0.267 e. The van der Waals surface area contributed by atoms with Gasteiger partial charge < -0.3 is 10.2 Å². The number of thiophene rings is 1. The van der Waals surface area contributed by atoms with Crippen LogP contribution in [0.3, 0.4) is 0 Å². The molecule has 1 aromatic carbocycles. The minimum atomic E-state index is -0.0841. The Morgan fingerprint density at radius 2 is 1.93 bits per heavy atom. The van der Waals surface area contributed by atoms with Crippen LogP contribution in [0.15, 0.2) is 35.7 Å². The number of nitrogens with zero attached hydrogens (tertiary/aromatic N) is 2. The molecule has 0 saturated heterocycles. The normalized spacial score (nSPS) is 14.1. The number of amides is 1. The Morgan fingerprint density at radius 3 is 2.61 bits per heavy atom. The summed E-state index contributed by atoms with van der Waals surface area (Å²) in [5, 5.41) is 6.19. The average Bonchev–Trinajstić information content (AvgIpc) is 3.27. The summed E-state index contributed by atoms with van der Waals surface area (Å²) < 4.78 is 0. The lowest BCUT2D eigenvalue weighted by atomic mass is 9.98. The summed E-state index contributed by atoms with van der Waals surface area (Å²) in [4.78, 5) is 21.9. The van der Waals surface area contributed by atoms with Gasteiger partial charge in [-0.3, -0.25) is 4.79 Å². The SMILES string of the molecule is Cc1nc(C(C)(C)C)sc1C(=O)Nc1ccc(N2CCc3sccc3C2)cc1. The van der Waals surface area contributed by atoms with Crippen molar-refractivity contribution in [1.82, 2.24) is 4.98 Å². The van der Waals surface area contributed by atoms with E-state index < -0.39 is 0 Å². The van der Waals surface area contributed by atoms with Gasteiger partial charge in [0.2, 0.25) is 0 Å². The minimum Gasteiger partial charge on any atom is -0.367 e. The van der Waals surface area contributed by atoms with Crippen molar-refractivity contribution in [2.45, 2.75) is 46.1 Å². The fourth-order valence-electron chi connectivity index (χ4n) is 3.34. The van der Waals surface area contributed by atoms with Gasteiger partial charge in [-0.2, -0.15) is 0 Å². The van der Waals surface area contributed by atoms with Crippen LogP contribution in [-0.4, -0.2) is 17.4 Å². The molecule has 0 spiro atoms. The van der Waals surface area contributed by atoms with Crippen LogP contribution in [0.25, 0.3) is 0 Å². The van der Waals surface area contributed by atoms with Crippen molar-refractivity contribution in [3.63, 3.8) is 0 Å². The molecular weight excluding hydrogens is 386 g/mol. The zero-order valence-corrected chi connectivity index (χ0v) is 18.3. The van der Waals surface area contributed by atoms with Crippen molar-refractivity contribution in [2.75, 3.05) is 16.8 Å². The van der Waals surface area contributed by atoms with Gasteiger partial charge in [0.05, 0.1) is 10.7 Å². The summed E-state index contributed by atoms with van der Waals surface area (Å²) in [7, 11) is 0. The first-order valence-electron chi connectivity index (χ1n) is 9.51. The molecule has 3 heterocycles. The van der Waals surface area contributed by atoms with Gasteiger partial charge in [-0.15, -0.1) is 22.7 Å². The van der Waals surface area contributed by atoms with E-state index in [1.165, 1.54) is 27.5 Å². The molecule has 1 amide bonds. The fourth-order valence-corrected chi connectivity index (χ4v) is 5.25. The Morgan fingerprint density at radius 1 is 1.18 bits per heavy atom. The van der Waals surface area contributed by atoms with Crippen molar-refractivity contribution < 1.29 is 4.79 Å². The van der Waals surface area contributed by atoms with E-state index in [9.17, 15) is 4.79 Å². The Balaban J connectivity index is 1.45. The van der Waals surface area contributed by atoms with E-state index in [1.807, 2.05) is 30.4 Å². The van der Waals surface area contributed by atoms with E-state index in [0.717, 1.165) is 35.9 Å². The monoisotopic (exact) mass is 411 g/mol. The maximum absolute atomic E-state index is 12.7. The molecule has 0 unspecified atom stereocenters. The van der Waals surface area contributed by atoms with E-state index in [4.69, 9.17) is 0 Å². The number of anilines is 2. The molecule has 4 rings (SSSR count). The molecule has 0 atom stereocenters. The second-order valence-corrected chi connectivity index (χ2v) is 10.2. The van der Waals surface area contributed by atoms with Crippen LogP contribution >= 0.6 is 22.7 Å². The summed E-state index contributed by atoms with van der Waals surface area (Å²) in [5.74, 6) is -0.0841. The molecule has 1 aliphatic heterocycles. The van der Waals surface area contributed by atoms with Crippen LogP contribution in [0.2, 0.25) is 0 Å². The molecule has 0 bridgehead atoms. The smallest absolute Gasteiger partial charge is 0.267 e. The van der Waals surface area contributed by atoms with Crippen LogP contribution in [0.5, 0.6) is 0 Å². The zero-order valence-electron chi connectivity index (χ0n) is 16.7. The summed E-state index contributed by atoms with van der Waals surface area (Å²) >= 11 is 3.34. The molecule has 6 heteroatoms. The molecule has 4 nitrogen and oxygen atoms in total. The average molecular weight is 412 g/mol. The summed E-state index contributed by atoms with van der Waals surface area (Å²) in [5.41, 5.74) is 4.19. The lowest BCUT2D eigenvalue weighted by Crippen LogP contribution is -2.29. The third-order valence-electron chi connectivity index (χ3n) is 4.94. The molecule has 146 valence electrons. The Bertz CT molecular complexity index is 996. The Hall–Kier alpha value is -2.18. The quantitative estimate of drug-likeness (QED) is 0.608. The molecule has 0 fully saturated rings. The van der Waals surface area contributed by atoms with Crippen molar-refractivity contribution in [2.24, 2.45) is 0 Å². The Kier molecular flexibility index (Phi) is 5.02. The van der Waals surface area contributed by atoms with Crippen molar-refractivity contribution in [3.8, 4) is 0 Å². The highest BCUT2D eigenvalue weighted by molar-refractivity contribution is 7.14. The number of carbonyl (C=O) groups is 1. The first-order chi connectivity index (χ1) is 13.3. The molecule has 3 aromatic rings. The lowest BCUT2D eigenvalue weighted by Gasteiger charge is -2.29. The second kappa shape index (κ2) is 7.33. The standard InChI is InChI=1S/C22H25N3OS2/c1-14-19(28-21(23-14)22(2,3)4)20(26)24-16-5-7-17(8-6-16)25-11-9-18-15(13-25)10-12-27-18/h5-8,10,12H,9,11,13H2,1-4H3,(H,24,26). The van der Waals surface area contributed by atoms with Gasteiger partial charge in [-0.1, -0.05) is 20.8 Å². The summed E-state index contributed by atoms with van der Waals surface area (Å²) in [6.45, 7) is 10.2. The van der Waals surface area contributed by atoms with Gasteiger partial charge in [0.1, 0.15) is 4.88 Å². The number of fused-ring (bicyclic) bond motifs is 1. The van der Waals surface area contributed by atoms with Crippen LogP contribution in [0.1, 0.15) is 51.6 Å². The number of hydrogen-bond acceptors (Lipinski definition) is 5. The van der Waals surface area contributed by atoms with Crippen LogP contribution in [-0.2, 0) is 18.4 Å². The predicted octanol–water partition coefficient (Wildman–Crippen LogP) is 5.63. The van der Waals surface area contributed by atoms with Gasteiger partial charge in [0, 0.05) is 34.8 Å². The maximum atomic E-state index is 12.7. The third kappa shape index (κ3) is 3.84. The largest absolute Gasteiger partial charge is 0.367 e. The van der Waals surface area contributed by atoms with Gasteiger partial charge in [0.25, 0.3) is 5.91 Å². The number of hydrogen-bond donors (Lipinski definition) is 1. The van der Waals surface area contributed by atoms with Gasteiger partial charge in [-0.05, 0) is 54.6 Å². The molecule has 28 heavy (non-hydrogen) atoms. The second-order valence-electron chi connectivity index (χ2n) is 8.23. The van der Waals surface area contributed by atoms with Crippen molar-refractivity contribution >= 4 is 40.0 Å². The number of aromatic nitrogens is 1. The minimum absolute atomic E-state index is 0.0492. The number of aryl methyl sites for hydroxylation is 1. The van der Waals surface area contributed by atoms with E-state index >= 15 is 0 Å². The molecule has 1 aliphatic rings. The highest BCUT2D eigenvalue weighted by Crippen LogP contribution is 2.31. The van der Waals surface area contributed by atoms with Crippen LogP contribution < -0.4 is 10.2 Å². The number of carbonyl (C=O) groups excluding carboxylic acids is 1. The topological polar surface area (TPSA) is 45.2 Å². The van der Waals surface area contributed by atoms with Crippen molar-refractivity contribution in [1.29, 1.82) is 0 Å². The molecule has 1 N–H and O–H groups in total. The Labute approximate surface area is 174 Å². The van der Waals surface area contributed by atoms with Gasteiger partial charge >= 0.3 is 0 Å². The fraction of sp³-hybridized carbons (Fsp3) is 0.364. The van der Waals surface area contributed by atoms with Crippen molar-refractivity contribution in [3.05, 3.63) is 61.7 Å². The van der Waals surface area contributed by atoms with E-state index in [1.54, 1.807) is 0 Å². The summed E-state index contributed by atoms with van der Waals surface area (Å²) in [6, 6.07) is 10.4. The van der Waals surface area contributed by atoms with E-state index in [0.29, 0.717) is 4.88 Å². The van der Waals surface area contributed by atoms with E-state index in [-0.39, 0.29) is 11.3 Å². The van der Waals surface area contributed by atoms with Crippen LogP contribution in [0.4, 0.5) is 11.4 Å². The molecule has 0 aliphatic carbocycles. The molecule has 2 aromatic heterocycles. The molecular formula is C22H25N3OS2. The van der Waals surface area contributed by atoms with E-state index in [2.05, 4.69) is 59.6 Å². The highest BCUT2D eigenvalue weighted by atomic mass is 32.1. The number of benzene rings is 1. The summed E-state index contributed by atoms with van der Waals surface area (Å²) in [6.07, 6.45) is 1.10. The van der Waals surface area contributed by atoms with Gasteiger partial charge in [-0.25, -0.2) is 4.98 Å². The van der Waals surface area contributed by atoms with Crippen LogP contribution in [0, 0.1) is 6.92 Å². The molecule has 0 radical (unpaired) electrons. The highest BCUT2D eigenvalue weighted by Gasteiger charge is 2.23. The van der Waals surface area contributed by atoms with Gasteiger partial charge in [0.15, 0.2) is 0 Å². The first-order valence-corrected chi connectivity index (χ1v) is 11.2. The zero-order chi connectivity index (χ0) is 19.9. The number of rotatable bonds is 3. The lowest BCUT2D eigenvalue weighted by molar-refractivity contribution is 0.103. The predicted molar refractivity (Wildman–Crippen MR) is 119 cm³/mol. The molecule has 0 saturated carbocycles. The number of thiazole rings is 1. The number of nitrogens with one attached hydrogen (secondary N) is 1.